The standard InChI is InChI=1S/C16H30O5/c17-13-7-2-1-4-8-14(18)11-12-15(19)9-5-3-6-10-16(20)21/h6,10,14-15,17-19H,1-5,7-9,11-13H2,(H,20,21). The first-order valence-electron chi connectivity index (χ1n) is 7.92. The molecule has 21 heavy (non-hydrogen) atoms. The first-order chi connectivity index (χ1) is 10.1. The molecule has 5 heteroatoms. The predicted octanol–water partition coefficient (Wildman–Crippen LogP) is 2.24. The van der Waals surface area contributed by atoms with Gasteiger partial charge in [-0.1, -0.05) is 25.3 Å². The van der Waals surface area contributed by atoms with Gasteiger partial charge in [-0.05, 0) is 44.9 Å². The number of unbranched alkanes of at least 4 members (excludes halogenated alkanes) is 4. The van der Waals surface area contributed by atoms with Gasteiger partial charge in [0.05, 0.1) is 12.2 Å². The molecule has 0 spiro atoms. The highest BCUT2D eigenvalue weighted by Crippen LogP contribution is 2.13. The van der Waals surface area contributed by atoms with Gasteiger partial charge in [-0.3, -0.25) is 0 Å². The van der Waals surface area contributed by atoms with E-state index in [9.17, 15) is 15.0 Å². The number of hydrogen-bond acceptors (Lipinski definition) is 4. The highest BCUT2D eigenvalue weighted by molar-refractivity contribution is 5.79. The Morgan fingerprint density at radius 2 is 1.43 bits per heavy atom. The van der Waals surface area contributed by atoms with Gasteiger partial charge in [-0.25, -0.2) is 4.79 Å². The average Bonchev–Trinajstić information content (AvgIpc) is 2.44. The van der Waals surface area contributed by atoms with Gasteiger partial charge in [-0.2, -0.15) is 0 Å². The van der Waals surface area contributed by atoms with Crippen LogP contribution in [0.15, 0.2) is 12.2 Å². The van der Waals surface area contributed by atoms with Crippen LogP contribution in [-0.2, 0) is 4.79 Å². The summed E-state index contributed by atoms with van der Waals surface area (Å²) in [5.74, 6) is -0.947. The summed E-state index contributed by atoms with van der Waals surface area (Å²) in [5.41, 5.74) is 0. The van der Waals surface area contributed by atoms with Crippen molar-refractivity contribution in [1.29, 1.82) is 0 Å². The summed E-state index contributed by atoms with van der Waals surface area (Å²) in [4.78, 5) is 10.2. The molecule has 5 nitrogen and oxygen atoms in total. The van der Waals surface area contributed by atoms with Gasteiger partial charge in [-0.15, -0.1) is 0 Å². The van der Waals surface area contributed by atoms with E-state index in [-0.39, 0.29) is 12.7 Å². The van der Waals surface area contributed by atoms with Gasteiger partial charge in [0.1, 0.15) is 0 Å². The lowest BCUT2D eigenvalue weighted by Gasteiger charge is -2.14. The van der Waals surface area contributed by atoms with Crippen LogP contribution in [0.5, 0.6) is 0 Å². The Balaban J connectivity index is 3.45. The molecule has 0 rings (SSSR count). The fourth-order valence-corrected chi connectivity index (χ4v) is 2.17. The molecule has 0 aromatic rings. The normalized spacial score (nSPS) is 14.4. The molecule has 0 saturated carbocycles. The molecule has 0 bridgehead atoms. The number of aliphatic hydroxyl groups is 3. The molecule has 0 aromatic heterocycles. The monoisotopic (exact) mass is 302 g/mol. The number of carboxylic acid groups (broad SMARTS) is 1. The van der Waals surface area contributed by atoms with Crippen LogP contribution in [0.2, 0.25) is 0 Å². The lowest BCUT2D eigenvalue weighted by Crippen LogP contribution is -2.13. The van der Waals surface area contributed by atoms with Crippen molar-refractivity contribution < 1.29 is 25.2 Å². The van der Waals surface area contributed by atoms with Crippen LogP contribution >= 0.6 is 0 Å². The fraction of sp³-hybridized carbons (Fsp3) is 0.812. The summed E-state index contributed by atoms with van der Waals surface area (Å²) in [7, 11) is 0. The largest absolute Gasteiger partial charge is 0.478 e. The second kappa shape index (κ2) is 14.0. The van der Waals surface area contributed by atoms with Crippen LogP contribution in [0.4, 0.5) is 0 Å². The summed E-state index contributed by atoms with van der Waals surface area (Å²) in [6.45, 7) is 0.233. The van der Waals surface area contributed by atoms with Crippen LogP contribution in [0.25, 0.3) is 0 Å². The third kappa shape index (κ3) is 15.3. The second-order valence-corrected chi connectivity index (χ2v) is 5.48. The Kier molecular flexibility index (Phi) is 13.4. The van der Waals surface area contributed by atoms with Crippen molar-refractivity contribution in [2.75, 3.05) is 6.61 Å². The van der Waals surface area contributed by atoms with Crippen molar-refractivity contribution in [1.82, 2.24) is 0 Å². The molecule has 0 aliphatic heterocycles. The van der Waals surface area contributed by atoms with Gasteiger partial charge in [0.25, 0.3) is 0 Å². The summed E-state index contributed by atoms with van der Waals surface area (Å²) in [6, 6.07) is 0. The Morgan fingerprint density at radius 1 is 0.857 bits per heavy atom. The van der Waals surface area contributed by atoms with E-state index in [1.54, 1.807) is 6.08 Å². The van der Waals surface area contributed by atoms with E-state index in [4.69, 9.17) is 10.2 Å². The van der Waals surface area contributed by atoms with E-state index in [1.165, 1.54) is 0 Å². The van der Waals surface area contributed by atoms with Crippen LogP contribution in [0.1, 0.15) is 64.2 Å². The molecular formula is C16H30O5. The van der Waals surface area contributed by atoms with Gasteiger partial charge in [0, 0.05) is 12.7 Å². The Labute approximate surface area is 127 Å². The SMILES string of the molecule is O=C(O)C=CCCCC(O)CCC(O)CCCCCCO. The van der Waals surface area contributed by atoms with Gasteiger partial charge in [0.2, 0.25) is 0 Å². The third-order valence-corrected chi connectivity index (χ3v) is 3.45. The van der Waals surface area contributed by atoms with Crippen molar-refractivity contribution in [3.05, 3.63) is 12.2 Å². The summed E-state index contributed by atoms with van der Waals surface area (Å²) in [6.07, 6.45) is 9.70. The number of aliphatic hydroxyl groups excluding tert-OH is 3. The lowest BCUT2D eigenvalue weighted by molar-refractivity contribution is -0.131. The molecule has 0 aromatic carbocycles. The Bertz CT molecular complexity index is 278. The zero-order valence-electron chi connectivity index (χ0n) is 12.8. The maximum absolute atomic E-state index is 10.2. The molecule has 124 valence electrons. The topological polar surface area (TPSA) is 98.0 Å². The van der Waals surface area contributed by atoms with Gasteiger partial charge >= 0.3 is 5.97 Å². The van der Waals surface area contributed by atoms with E-state index in [1.807, 2.05) is 0 Å². The molecule has 0 aliphatic carbocycles. The Hall–Kier alpha value is -0.910. The van der Waals surface area contributed by atoms with Crippen LogP contribution in [0.3, 0.4) is 0 Å². The van der Waals surface area contributed by atoms with Crippen molar-refractivity contribution in [2.45, 2.75) is 76.4 Å². The minimum Gasteiger partial charge on any atom is -0.478 e. The van der Waals surface area contributed by atoms with Crippen LogP contribution in [-0.4, -0.2) is 45.2 Å². The fourth-order valence-electron chi connectivity index (χ4n) is 2.17. The molecule has 2 unspecified atom stereocenters. The lowest BCUT2D eigenvalue weighted by atomic mass is 10.0. The molecule has 4 N–H and O–H groups in total. The number of carboxylic acids is 1. The first kappa shape index (κ1) is 20.1. The number of carbonyl (C=O) groups is 1. The Morgan fingerprint density at radius 3 is 2.00 bits per heavy atom. The first-order valence-corrected chi connectivity index (χ1v) is 7.92. The smallest absolute Gasteiger partial charge is 0.327 e. The number of aliphatic carboxylic acids is 1. The maximum Gasteiger partial charge on any atom is 0.327 e. The molecule has 0 aliphatic rings. The average molecular weight is 302 g/mol. The van der Waals surface area contributed by atoms with Crippen molar-refractivity contribution in [3.8, 4) is 0 Å². The number of hydrogen-bond donors (Lipinski definition) is 4. The van der Waals surface area contributed by atoms with Crippen LogP contribution < -0.4 is 0 Å². The molecule has 0 fully saturated rings. The summed E-state index contributed by atoms with van der Waals surface area (Å²) in [5, 5.41) is 36.6. The van der Waals surface area contributed by atoms with E-state index in [0.717, 1.165) is 44.6 Å². The zero-order valence-corrected chi connectivity index (χ0v) is 12.8. The van der Waals surface area contributed by atoms with E-state index in [2.05, 4.69) is 0 Å². The van der Waals surface area contributed by atoms with Gasteiger partial charge in [0.15, 0.2) is 0 Å². The molecule has 0 radical (unpaired) electrons. The van der Waals surface area contributed by atoms with E-state index >= 15 is 0 Å². The highest BCUT2D eigenvalue weighted by atomic mass is 16.4. The second-order valence-electron chi connectivity index (χ2n) is 5.48. The quantitative estimate of drug-likeness (QED) is 0.291. The third-order valence-electron chi connectivity index (χ3n) is 3.45. The molecule has 0 amide bonds. The molecular weight excluding hydrogens is 272 g/mol. The molecule has 2 atom stereocenters. The predicted molar refractivity (Wildman–Crippen MR) is 82.0 cm³/mol. The minimum atomic E-state index is -0.947. The maximum atomic E-state index is 10.2. The summed E-state index contributed by atoms with van der Waals surface area (Å²) >= 11 is 0. The minimum absolute atomic E-state index is 0.233. The molecule has 0 saturated heterocycles. The number of rotatable bonds is 14. The van der Waals surface area contributed by atoms with E-state index in [0.29, 0.717) is 25.7 Å². The van der Waals surface area contributed by atoms with Crippen LogP contribution in [0, 0.1) is 0 Å². The van der Waals surface area contributed by atoms with Crippen molar-refractivity contribution in [2.24, 2.45) is 0 Å². The molecule has 0 heterocycles. The van der Waals surface area contributed by atoms with E-state index < -0.39 is 12.1 Å². The van der Waals surface area contributed by atoms with Gasteiger partial charge < -0.3 is 20.4 Å². The highest BCUT2D eigenvalue weighted by Gasteiger charge is 2.09. The number of allylic oxidation sites excluding steroid dienone is 1. The van der Waals surface area contributed by atoms with Crippen molar-refractivity contribution in [3.63, 3.8) is 0 Å². The van der Waals surface area contributed by atoms with Crippen molar-refractivity contribution >= 4 is 5.97 Å². The zero-order chi connectivity index (χ0) is 15.9. The summed E-state index contributed by atoms with van der Waals surface area (Å²) < 4.78 is 0.